The summed E-state index contributed by atoms with van der Waals surface area (Å²) in [7, 11) is 2.04. The van der Waals surface area contributed by atoms with Crippen LogP contribution < -0.4 is 5.32 Å². The second-order valence-electron chi connectivity index (χ2n) is 6.09. The lowest BCUT2D eigenvalue weighted by Gasteiger charge is -2.25. The van der Waals surface area contributed by atoms with Gasteiger partial charge < -0.3 is 5.32 Å². The van der Waals surface area contributed by atoms with Crippen molar-refractivity contribution < 1.29 is 0 Å². The predicted octanol–water partition coefficient (Wildman–Crippen LogP) is 4.58. The van der Waals surface area contributed by atoms with E-state index in [2.05, 4.69) is 33.3 Å². The van der Waals surface area contributed by atoms with Gasteiger partial charge in [-0.3, -0.25) is 4.68 Å². The highest BCUT2D eigenvalue weighted by molar-refractivity contribution is 9.10. The van der Waals surface area contributed by atoms with Crippen LogP contribution in [0.2, 0.25) is 0 Å². The van der Waals surface area contributed by atoms with Gasteiger partial charge in [0.1, 0.15) is 0 Å². The summed E-state index contributed by atoms with van der Waals surface area (Å²) in [4.78, 5) is 0. The Bertz CT molecular complexity index is 377. The Kier molecular flexibility index (Phi) is 6.56. The van der Waals surface area contributed by atoms with Crippen LogP contribution in [0.15, 0.2) is 10.7 Å². The fourth-order valence-electron chi connectivity index (χ4n) is 3.34. The first kappa shape index (κ1) is 16.0. The first-order valence-electron chi connectivity index (χ1n) is 8.13. The van der Waals surface area contributed by atoms with Crippen molar-refractivity contribution >= 4 is 15.9 Å². The fourth-order valence-corrected chi connectivity index (χ4v) is 3.97. The molecule has 114 valence electrons. The van der Waals surface area contributed by atoms with Crippen molar-refractivity contribution in [1.82, 2.24) is 15.1 Å². The molecule has 1 aliphatic carbocycles. The van der Waals surface area contributed by atoms with Gasteiger partial charge in [0.2, 0.25) is 0 Å². The van der Waals surface area contributed by atoms with Gasteiger partial charge in [0.15, 0.2) is 0 Å². The van der Waals surface area contributed by atoms with Gasteiger partial charge in [-0.2, -0.15) is 5.10 Å². The summed E-state index contributed by atoms with van der Waals surface area (Å²) in [6.07, 6.45) is 12.9. The Balaban J connectivity index is 1.96. The van der Waals surface area contributed by atoms with E-state index >= 15 is 0 Å². The molecule has 20 heavy (non-hydrogen) atoms. The molecule has 1 aromatic heterocycles. The second-order valence-corrected chi connectivity index (χ2v) is 6.94. The van der Waals surface area contributed by atoms with E-state index in [1.54, 1.807) is 0 Å². The molecule has 0 spiro atoms. The summed E-state index contributed by atoms with van der Waals surface area (Å²) in [5.41, 5.74) is 1.30. The molecule has 2 rings (SSSR count). The van der Waals surface area contributed by atoms with Crippen molar-refractivity contribution in [2.24, 2.45) is 13.0 Å². The zero-order valence-corrected chi connectivity index (χ0v) is 14.5. The minimum Gasteiger partial charge on any atom is -0.309 e. The Morgan fingerprint density at radius 2 is 2.15 bits per heavy atom. The van der Waals surface area contributed by atoms with Gasteiger partial charge in [0.05, 0.1) is 22.4 Å². The molecule has 1 saturated carbocycles. The minimum atomic E-state index is 0.429. The number of halogens is 1. The zero-order chi connectivity index (χ0) is 14.4. The Morgan fingerprint density at radius 3 is 2.75 bits per heavy atom. The van der Waals surface area contributed by atoms with Gasteiger partial charge in [0.25, 0.3) is 0 Å². The number of nitrogens with one attached hydrogen (secondary N) is 1. The third kappa shape index (κ3) is 4.32. The lowest BCUT2D eigenvalue weighted by atomic mass is 9.85. The molecule has 0 radical (unpaired) electrons. The number of rotatable bonds is 7. The number of aromatic nitrogens is 2. The van der Waals surface area contributed by atoms with Crippen molar-refractivity contribution in [3.05, 3.63) is 16.4 Å². The molecule has 1 atom stereocenters. The Morgan fingerprint density at radius 1 is 1.40 bits per heavy atom. The van der Waals surface area contributed by atoms with Crippen LogP contribution in [0.1, 0.15) is 70.0 Å². The highest BCUT2D eigenvalue weighted by atomic mass is 79.9. The van der Waals surface area contributed by atoms with Crippen LogP contribution in [0.5, 0.6) is 0 Å². The highest BCUT2D eigenvalue weighted by Crippen LogP contribution is 2.32. The standard InChI is InChI=1S/C16H28BrN3/c1-3-11-18-15(16-14(17)12-19-20(16)2)10-9-13-7-5-4-6-8-13/h12-13,15,18H,3-11H2,1-2H3. The van der Waals surface area contributed by atoms with E-state index in [-0.39, 0.29) is 0 Å². The minimum absolute atomic E-state index is 0.429. The molecule has 3 nitrogen and oxygen atoms in total. The van der Waals surface area contributed by atoms with Crippen LogP contribution >= 0.6 is 15.9 Å². The van der Waals surface area contributed by atoms with Gasteiger partial charge in [0, 0.05) is 7.05 Å². The van der Waals surface area contributed by atoms with E-state index in [4.69, 9.17) is 0 Å². The van der Waals surface area contributed by atoms with E-state index in [0.717, 1.165) is 16.9 Å². The SMILES string of the molecule is CCCNC(CCC1CCCCC1)c1c(Br)cnn1C. The molecule has 4 heteroatoms. The average molecular weight is 342 g/mol. The molecule has 1 unspecified atom stereocenters. The second kappa shape index (κ2) is 8.18. The van der Waals surface area contributed by atoms with Crippen LogP contribution in [0.25, 0.3) is 0 Å². The number of nitrogens with zero attached hydrogens (tertiary/aromatic N) is 2. The van der Waals surface area contributed by atoms with Crippen LogP contribution in [-0.4, -0.2) is 16.3 Å². The Labute approximate surface area is 131 Å². The van der Waals surface area contributed by atoms with Crippen LogP contribution in [0.4, 0.5) is 0 Å². The van der Waals surface area contributed by atoms with Crippen molar-refractivity contribution in [3.63, 3.8) is 0 Å². The van der Waals surface area contributed by atoms with Crippen molar-refractivity contribution in [3.8, 4) is 0 Å². The topological polar surface area (TPSA) is 29.9 Å². The van der Waals surface area contributed by atoms with Crippen LogP contribution in [0.3, 0.4) is 0 Å². The van der Waals surface area contributed by atoms with Gasteiger partial charge in [-0.25, -0.2) is 0 Å². The zero-order valence-electron chi connectivity index (χ0n) is 12.9. The van der Waals surface area contributed by atoms with E-state index in [1.807, 2.05) is 17.9 Å². The molecule has 0 amide bonds. The third-order valence-electron chi connectivity index (χ3n) is 4.50. The number of hydrogen-bond acceptors (Lipinski definition) is 2. The molecule has 1 heterocycles. The molecule has 0 saturated heterocycles. The summed E-state index contributed by atoms with van der Waals surface area (Å²) >= 11 is 3.65. The molecule has 1 aliphatic rings. The maximum absolute atomic E-state index is 4.37. The largest absolute Gasteiger partial charge is 0.309 e. The van der Waals surface area contributed by atoms with E-state index in [1.165, 1.54) is 57.1 Å². The van der Waals surface area contributed by atoms with Crippen molar-refractivity contribution in [2.75, 3.05) is 6.54 Å². The maximum Gasteiger partial charge on any atom is 0.0692 e. The normalized spacial score (nSPS) is 18.4. The first-order chi connectivity index (χ1) is 9.72. The van der Waals surface area contributed by atoms with Gasteiger partial charge in [-0.15, -0.1) is 0 Å². The molecule has 0 bridgehead atoms. The van der Waals surface area contributed by atoms with Gasteiger partial charge >= 0.3 is 0 Å². The average Bonchev–Trinajstić information content (AvgIpc) is 2.80. The third-order valence-corrected chi connectivity index (χ3v) is 5.11. The molecule has 0 aromatic carbocycles. The highest BCUT2D eigenvalue weighted by Gasteiger charge is 2.21. The van der Waals surface area contributed by atoms with E-state index in [0.29, 0.717) is 6.04 Å². The van der Waals surface area contributed by atoms with E-state index < -0.39 is 0 Å². The monoisotopic (exact) mass is 341 g/mol. The summed E-state index contributed by atoms with van der Waals surface area (Å²) in [6.45, 7) is 3.30. The lowest BCUT2D eigenvalue weighted by Crippen LogP contribution is -2.25. The number of aryl methyl sites for hydroxylation is 1. The summed E-state index contributed by atoms with van der Waals surface area (Å²) in [5.74, 6) is 0.946. The lowest BCUT2D eigenvalue weighted by molar-refractivity contribution is 0.311. The summed E-state index contributed by atoms with van der Waals surface area (Å²) < 4.78 is 3.15. The Hall–Kier alpha value is -0.350. The van der Waals surface area contributed by atoms with Crippen molar-refractivity contribution in [2.45, 2.75) is 64.3 Å². The first-order valence-corrected chi connectivity index (χ1v) is 8.92. The molecule has 1 aromatic rings. The fraction of sp³-hybridized carbons (Fsp3) is 0.812. The van der Waals surface area contributed by atoms with Crippen LogP contribution in [-0.2, 0) is 7.05 Å². The molecular formula is C16H28BrN3. The van der Waals surface area contributed by atoms with Crippen molar-refractivity contribution in [1.29, 1.82) is 0 Å². The molecular weight excluding hydrogens is 314 g/mol. The summed E-state index contributed by atoms with van der Waals surface area (Å²) in [6, 6.07) is 0.429. The van der Waals surface area contributed by atoms with Gasteiger partial charge in [-0.1, -0.05) is 39.0 Å². The molecule has 1 N–H and O–H groups in total. The quantitative estimate of drug-likeness (QED) is 0.786. The molecule has 1 fully saturated rings. The smallest absolute Gasteiger partial charge is 0.0692 e. The van der Waals surface area contributed by atoms with E-state index in [9.17, 15) is 0 Å². The van der Waals surface area contributed by atoms with Crippen LogP contribution in [0, 0.1) is 5.92 Å². The summed E-state index contributed by atoms with van der Waals surface area (Å²) in [5, 5.41) is 8.07. The predicted molar refractivity (Wildman–Crippen MR) is 87.8 cm³/mol. The maximum atomic E-state index is 4.37. The van der Waals surface area contributed by atoms with Gasteiger partial charge in [-0.05, 0) is 47.7 Å². The molecule has 0 aliphatic heterocycles. The number of hydrogen-bond donors (Lipinski definition) is 1.